The molecule has 1 aliphatic heterocycles. The lowest BCUT2D eigenvalue weighted by Gasteiger charge is -2.29. The van der Waals surface area contributed by atoms with Gasteiger partial charge in [0, 0.05) is 36.9 Å². The maximum Gasteiger partial charge on any atom is 0.0642 e. The first kappa shape index (κ1) is 10.7. The fourth-order valence-electron chi connectivity index (χ4n) is 2.56. The molecule has 0 bridgehead atoms. The molecule has 2 heterocycles. The molecule has 3 nitrogen and oxygen atoms in total. The van der Waals surface area contributed by atoms with Crippen LogP contribution < -0.4 is 4.90 Å². The monoisotopic (exact) mass is 230 g/mol. The summed E-state index contributed by atoms with van der Waals surface area (Å²) in [4.78, 5) is 2.42. The number of hydrogen-bond donors (Lipinski definition) is 0. The van der Waals surface area contributed by atoms with Gasteiger partial charge in [-0.2, -0.15) is 0 Å². The van der Waals surface area contributed by atoms with Crippen LogP contribution in [0.25, 0.3) is 10.9 Å². The number of morpholine rings is 1. The average molecular weight is 230 g/mol. The van der Waals surface area contributed by atoms with Gasteiger partial charge < -0.3 is 14.2 Å². The van der Waals surface area contributed by atoms with Gasteiger partial charge in [0.15, 0.2) is 0 Å². The maximum atomic E-state index is 5.41. The van der Waals surface area contributed by atoms with Crippen molar-refractivity contribution < 1.29 is 4.74 Å². The van der Waals surface area contributed by atoms with E-state index in [-0.39, 0.29) is 0 Å². The summed E-state index contributed by atoms with van der Waals surface area (Å²) in [5, 5.41) is 1.36. The van der Waals surface area contributed by atoms with Gasteiger partial charge in [0.25, 0.3) is 0 Å². The van der Waals surface area contributed by atoms with Gasteiger partial charge >= 0.3 is 0 Å². The van der Waals surface area contributed by atoms with Crippen LogP contribution in [-0.2, 0) is 11.3 Å². The van der Waals surface area contributed by atoms with Crippen LogP contribution in [0, 0.1) is 0 Å². The zero-order chi connectivity index (χ0) is 11.7. The van der Waals surface area contributed by atoms with Crippen molar-refractivity contribution in [2.75, 3.05) is 31.2 Å². The number of fused-ring (bicyclic) bond motifs is 1. The van der Waals surface area contributed by atoms with Crippen molar-refractivity contribution in [2.24, 2.45) is 0 Å². The lowest BCUT2D eigenvalue weighted by atomic mass is 10.2. The first-order valence-corrected chi connectivity index (χ1v) is 6.30. The second-order valence-electron chi connectivity index (χ2n) is 4.41. The minimum atomic E-state index is 0.838. The molecule has 0 radical (unpaired) electrons. The summed E-state index contributed by atoms with van der Waals surface area (Å²) in [5.41, 5.74) is 2.68. The number of rotatable bonds is 2. The van der Waals surface area contributed by atoms with E-state index in [2.05, 4.69) is 46.9 Å². The lowest BCUT2D eigenvalue weighted by Crippen LogP contribution is -2.36. The van der Waals surface area contributed by atoms with Crippen LogP contribution in [0.1, 0.15) is 6.92 Å². The predicted octanol–water partition coefficient (Wildman–Crippen LogP) is 2.50. The molecule has 0 saturated carbocycles. The summed E-state index contributed by atoms with van der Waals surface area (Å²) in [6, 6.07) is 8.79. The van der Waals surface area contributed by atoms with Crippen molar-refractivity contribution in [1.29, 1.82) is 0 Å². The van der Waals surface area contributed by atoms with Gasteiger partial charge in [-0.05, 0) is 25.1 Å². The molecule has 0 amide bonds. The van der Waals surface area contributed by atoms with Crippen molar-refractivity contribution in [3.05, 3.63) is 30.5 Å². The molecule has 0 N–H and O–H groups in total. The molecule has 0 unspecified atom stereocenters. The van der Waals surface area contributed by atoms with E-state index in [0.29, 0.717) is 0 Å². The van der Waals surface area contributed by atoms with Crippen LogP contribution in [0.15, 0.2) is 30.5 Å². The van der Waals surface area contributed by atoms with Crippen molar-refractivity contribution >= 4 is 16.6 Å². The summed E-state index contributed by atoms with van der Waals surface area (Å²) < 4.78 is 7.70. The van der Waals surface area contributed by atoms with Crippen molar-refractivity contribution in [2.45, 2.75) is 13.5 Å². The molecule has 0 atom stereocenters. The van der Waals surface area contributed by atoms with Crippen LogP contribution in [0.2, 0.25) is 0 Å². The second-order valence-corrected chi connectivity index (χ2v) is 4.41. The summed E-state index contributed by atoms with van der Waals surface area (Å²) >= 11 is 0. The highest BCUT2D eigenvalue weighted by molar-refractivity contribution is 5.93. The number of nitrogens with zero attached hydrogens (tertiary/aromatic N) is 2. The maximum absolute atomic E-state index is 5.41. The molecule has 1 aromatic heterocycles. The average Bonchev–Trinajstić information content (AvgIpc) is 2.82. The van der Waals surface area contributed by atoms with Gasteiger partial charge in [0.1, 0.15) is 0 Å². The van der Waals surface area contributed by atoms with Crippen molar-refractivity contribution in [3.63, 3.8) is 0 Å². The largest absolute Gasteiger partial charge is 0.378 e. The van der Waals surface area contributed by atoms with E-state index in [1.165, 1.54) is 16.6 Å². The van der Waals surface area contributed by atoms with Gasteiger partial charge in [-0.25, -0.2) is 0 Å². The first-order chi connectivity index (χ1) is 8.40. The lowest BCUT2D eigenvalue weighted by molar-refractivity contribution is 0.123. The number of aryl methyl sites for hydroxylation is 1. The topological polar surface area (TPSA) is 17.4 Å². The minimum absolute atomic E-state index is 0.838. The Labute approximate surface area is 102 Å². The van der Waals surface area contributed by atoms with Crippen LogP contribution in [0.3, 0.4) is 0 Å². The van der Waals surface area contributed by atoms with E-state index in [9.17, 15) is 0 Å². The first-order valence-electron chi connectivity index (χ1n) is 6.30. The van der Waals surface area contributed by atoms with E-state index in [1.807, 2.05) is 0 Å². The van der Waals surface area contributed by atoms with Crippen LogP contribution in [0.4, 0.5) is 5.69 Å². The van der Waals surface area contributed by atoms with Gasteiger partial charge in [-0.15, -0.1) is 0 Å². The molecule has 17 heavy (non-hydrogen) atoms. The molecule has 3 heteroatoms. The molecule has 90 valence electrons. The quantitative estimate of drug-likeness (QED) is 0.788. The Morgan fingerprint density at radius 2 is 2.00 bits per heavy atom. The van der Waals surface area contributed by atoms with Gasteiger partial charge in [-0.3, -0.25) is 0 Å². The number of aromatic nitrogens is 1. The number of benzene rings is 1. The van der Waals surface area contributed by atoms with E-state index in [1.54, 1.807) is 0 Å². The van der Waals surface area contributed by atoms with Crippen LogP contribution >= 0.6 is 0 Å². The van der Waals surface area contributed by atoms with Crippen molar-refractivity contribution in [3.8, 4) is 0 Å². The van der Waals surface area contributed by atoms with Crippen LogP contribution in [-0.4, -0.2) is 30.9 Å². The van der Waals surface area contributed by atoms with Crippen LogP contribution in [0.5, 0.6) is 0 Å². The summed E-state index contributed by atoms with van der Waals surface area (Å²) in [5.74, 6) is 0. The Balaban J connectivity index is 2.06. The fourth-order valence-corrected chi connectivity index (χ4v) is 2.56. The zero-order valence-corrected chi connectivity index (χ0v) is 10.2. The molecular weight excluding hydrogens is 212 g/mol. The van der Waals surface area contributed by atoms with E-state index in [4.69, 9.17) is 4.74 Å². The van der Waals surface area contributed by atoms with E-state index < -0.39 is 0 Å². The molecule has 2 aromatic rings. The Morgan fingerprint density at radius 3 is 2.76 bits per heavy atom. The Hall–Kier alpha value is -1.48. The third kappa shape index (κ3) is 1.80. The Morgan fingerprint density at radius 1 is 1.18 bits per heavy atom. The zero-order valence-electron chi connectivity index (χ0n) is 10.2. The molecule has 1 aromatic carbocycles. The SMILES string of the molecule is CCn1ccc2c(N3CCOCC3)cccc21. The highest BCUT2D eigenvalue weighted by Gasteiger charge is 2.14. The highest BCUT2D eigenvalue weighted by atomic mass is 16.5. The minimum Gasteiger partial charge on any atom is -0.378 e. The normalized spacial score (nSPS) is 16.6. The summed E-state index contributed by atoms with van der Waals surface area (Å²) in [6.45, 7) is 6.87. The molecule has 1 aliphatic rings. The Bertz CT molecular complexity index is 512. The number of ether oxygens (including phenoxy) is 1. The van der Waals surface area contributed by atoms with E-state index in [0.717, 1.165) is 32.8 Å². The molecule has 1 fully saturated rings. The summed E-state index contributed by atoms with van der Waals surface area (Å²) in [7, 11) is 0. The Kier molecular flexibility index (Phi) is 2.77. The van der Waals surface area contributed by atoms with E-state index >= 15 is 0 Å². The standard InChI is InChI=1S/C14H18N2O/c1-2-15-7-6-12-13(15)4-3-5-14(12)16-8-10-17-11-9-16/h3-7H,2,8-11H2,1H3. The molecule has 0 aliphatic carbocycles. The van der Waals surface area contributed by atoms with Gasteiger partial charge in [-0.1, -0.05) is 6.07 Å². The molecule has 3 rings (SSSR count). The smallest absolute Gasteiger partial charge is 0.0642 e. The van der Waals surface area contributed by atoms with Gasteiger partial charge in [0.2, 0.25) is 0 Å². The van der Waals surface area contributed by atoms with Gasteiger partial charge in [0.05, 0.1) is 18.7 Å². The molecular formula is C14H18N2O. The number of anilines is 1. The second kappa shape index (κ2) is 4.41. The van der Waals surface area contributed by atoms with Crippen molar-refractivity contribution in [1.82, 2.24) is 4.57 Å². The third-order valence-electron chi connectivity index (χ3n) is 3.48. The number of hydrogen-bond acceptors (Lipinski definition) is 2. The third-order valence-corrected chi connectivity index (χ3v) is 3.48. The highest BCUT2D eigenvalue weighted by Crippen LogP contribution is 2.28. The summed E-state index contributed by atoms with van der Waals surface area (Å²) in [6.07, 6.45) is 2.18. The fraction of sp³-hybridized carbons (Fsp3) is 0.429. The predicted molar refractivity (Wildman–Crippen MR) is 70.6 cm³/mol. The molecule has 1 saturated heterocycles. The molecule has 0 spiro atoms.